The van der Waals surface area contributed by atoms with Gasteiger partial charge in [-0.05, 0) is 17.7 Å². The third kappa shape index (κ3) is 2.33. The number of aromatic nitrogens is 2. The first-order valence-electron chi connectivity index (χ1n) is 6.19. The molecule has 5 nitrogen and oxygen atoms in total. The lowest BCUT2D eigenvalue weighted by molar-refractivity contribution is 0.310. The number of ether oxygens (including phenoxy) is 1. The van der Waals surface area contributed by atoms with Gasteiger partial charge in [0.25, 0.3) is 0 Å². The Morgan fingerprint density at radius 1 is 1.10 bits per heavy atom. The lowest BCUT2D eigenvalue weighted by Crippen LogP contribution is -2.13. The van der Waals surface area contributed by atoms with Crippen molar-refractivity contribution in [2.75, 3.05) is 5.73 Å². The van der Waals surface area contributed by atoms with Gasteiger partial charge < -0.3 is 15.5 Å². The van der Waals surface area contributed by atoms with Crippen LogP contribution in [0.5, 0.6) is 5.75 Å². The second kappa shape index (κ2) is 5.05. The van der Waals surface area contributed by atoms with Crippen molar-refractivity contribution in [1.29, 1.82) is 0 Å². The first-order valence-corrected chi connectivity index (χ1v) is 6.19. The van der Waals surface area contributed by atoms with Crippen molar-refractivity contribution >= 4 is 16.7 Å². The van der Waals surface area contributed by atoms with Gasteiger partial charge in [0.15, 0.2) is 0 Å². The SMILES string of the molecule is Nc1nc(=O)[nH]c2cccc(OCc3ccccc3)c12. The number of nitrogens with zero attached hydrogens (tertiary/aromatic N) is 1. The molecule has 0 aliphatic heterocycles. The van der Waals surface area contributed by atoms with E-state index in [9.17, 15) is 4.79 Å². The van der Waals surface area contributed by atoms with Crippen LogP contribution in [0.2, 0.25) is 0 Å². The Labute approximate surface area is 115 Å². The van der Waals surface area contributed by atoms with E-state index in [2.05, 4.69) is 9.97 Å². The molecular formula is C15H13N3O2. The molecule has 0 radical (unpaired) electrons. The molecule has 0 saturated heterocycles. The number of fused-ring (bicyclic) bond motifs is 1. The first-order chi connectivity index (χ1) is 9.74. The normalized spacial score (nSPS) is 10.6. The summed E-state index contributed by atoms with van der Waals surface area (Å²) in [5.74, 6) is 0.778. The molecule has 0 amide bonds. The predicted octanol–water partition coefficient (Wildman–Crippen LogP) is 2.08. The minimum Gasteiger partial charge on any atom is -0.488 e. The van der Waals surface area contributed by atoms with Gasteiger partial charge in [-0.1, -0.05) is 36.4 Å². The third-order valence-corrected chi connectivity index (χ3v) is 2.98. The van der Waals surface area contributed by atoms with Crippen LogP contribution in [0.15, 0.2) is 53.3 Å². The summed E-state index contributed by atoms with van der Waals surface area (Å²) >= 11 is 0. The second-order valence-electron chi connectivity index (χ2n) is 4.38. The quantitative estimate of drug-likeness (QED) is 0.761. The van der Waals surface area contributed by atoms with E-state index in [-0.39, 0.29) is 5.82 Å². The second-order valence-corrected chi connectivity index (χ2v) is 4.38. The highest BCUT2D eigenvalue weighted by atomic mass is 16.5. The molecule has 3 aromatic rings. The zero-order valence-corrected chi connectivity index (χ0v) is 10.7. The summed E-state index contributed by atoms with van der Waals surface area (Å²) in [6, 6.07) is 15.2. The zero-order valence-electron chi connectivity index (χ0n) is 10.7. The van der Waals surface area contributed by atoms with Crippen LogP contribution >= 0.6 is 0 Å². The van der Waals surface area contributed by atoms with E-state index in [1.54, 1.807) is 12.1 Å². The number of aromatic amines is 1. The highest BCUT2D eigenvalue weighted by molar-refractivity contribution is 5.93. The summed E-state index contributed by atoms with van der Waals surface area (Å²) in [7, 11) is 0. The fraction of sp³-hybridized carbons (Fsp3) is 0.0667. The minimum atomic E-state index is -0.463. The van der Waals surface area contributed by atoms with E-state index in [0.29, 0.717) is 23.3 Å². The predicted molar refractivity (Wildman–Crippen MR) is 77.6 cm³/mol. The van der Waals surface area contributed by atoms with Gasteiger partial charge in [-0.3, -0.25) is 0 Å². The number of benzene rings is 2. The summed E-state index contributed by atoms with van der Waals surface area (Å²) < 4.78 is 5.78. The van der Waals surface area contributed by atoms with Gasteiger partial charge in [0, 0.05) is 0 Å². The Morgan fingerprint density at radius 3 is 2.70 bits per heavy atom. The number of H-pyrrole nitrogens is 1. The number of hydrogen-bond donors (Lipinski definition) is 2. The fourth-order valence-electron chi connectivity index (χ4n) is 2.06. The van der Waals surface area contributed by atoms with Crippen molar-refractivity contribution in [1.82, 2.24) is 9.97 Å². The average Bonchev–Trinajstić information content (AvgIpc) is 2.45. The van der Waals surface area contributed by atoms with Crippen molar-refractivity contribution in [3.63, 3.8) is 0 Å². The third-order valence-electron chi connectivity index (χ3n) is 2.98. The number of nitrogens with one attached hydrogen (secondary N) is 1. The molecule has 0 atom stereocenters. The number of hydrogen-bond acceptors (Lipinski definition) is 4. The lowest BCUT2D eigenvalue weighted by Gasteiger charge is -2.10. The Kier molecular flexibility index (Phi) is 3.09. The summed E-state index contributed by atoms with van der Waals surface area (Å²) in [4.78, 5) is 17.7. The molecule has 5 heteroatoms. The van der Waals surface area contributed by atoms with E-state index < -0.39 is 5.69 Å². The summed E-state index contributed by atoms with van der Waals surface area (Å²) in [5.41, 5.74) is 7.03. The Morgan fingerprint density at radius 2 is 1.90 bits per heavy atom. The van der Waals surface area contributed by atoms with Crippen LogP contribution in [-0.2, 0) is 6.61 Å². The smallest absolute Gasteiger partial charge is 0.347 e. The van der Waals surface area contributed by atoms with Gasteiger partial charge in [-0.15, -0.1) is 0 Å². The molecule has 100 valence electrons. The van der Waals surface area contributed by atoms with Gasteiger partial charge in [-0.25, -0.2) is 4.79 Å². The monoisotopic (exact) mass is 267 g/mol. The van der Waals surface area contributed by atoms with Crippen LogP contribution in [0.25, 0.3) is 10.9 Å². The maximum Gasteiger partial charge on any atom is 0.347 e. The van der Waals surface area contributed by atoms with Crippen molar-refractivity contribution in [2.45, 2.75) is 6.61 Å². The standard InChI is InChI=1S/C15H13N3O2/c16-14-13-11(17-15(19)18-14)7-4-8-12(13)20-9-10-5-2-1-3-6-10/h1-8H,9H2,(H3,16,17,18,19). The average molecular weight is 267 g/mol. The van der Waals surface area contributed by atoms with Gasteiger partial charge in [0.1, 0.15) is 18.2 Å². The molecule has 3 N–H and O–H groups in total. The fourth-order valence-corrected chi connectivity index (χ4v) is 2.06. The van der Waals surface area contributed by atoms with Crippen LogP contribution in [0.4, 0.5) is 5.82 Å². The molecule has 1 aromatic heterocycles. The van der Waals surface area contributed by atoms with Gasteiger partial charge in [-0.2, -0.15) is 4.98 Å². The topological polar surface area (TPSA) is 81.0 Å². The van der Waals surface area contributed by atoms with Crippen LogP contribution in [-0.4, -0.2) is 9.97 Å². The van der Waals surface area contributed by atoms with Crippen LogP contribution < -0.4 is 16.2 Å². The highest BCUT2D eigenvalue weighted by Gasteiger charge is 2.08. The summed E-state index contributed by atoms with van der Waals surface area (Å²) in [6.07, 6.45) is 0. The summed E-state index contributed by atoms with van der Waals surface area (Å²) in [5, 5.41) is 0.628. The van der Waals surface area contributed by atoms with Crippen LogP contribution in [0.1, 0.15) is 5.56 Å². The largest absolute Gasteiger partial charge is 0.488 e. The van der Waals surface area contributed by atoms with Crippen molar-refractivity contribution in [3.8, 4) is 5.75 Å². The van der Waals surface area contributed by atoms with E-state index in [0.717, 1.165) is 5.56 Å². The van der Waals surface area contributed by atoms with Crippen molar-refractivity contribution in [3.05, 3.63) is 64.6 Å². The molecule has 0 bridgehead atoms. The van der Waals surface area contributed by atoms with E-state index in [1.165, 1.54) is 0 Å². The molecule has 0 aliphatic carbocycles. The van der Waals surface area contributed by atoms with Gasteiger partial charge in [0.2, 0.25) is 0 Å². The molecule has 0 fully saturated rings. The summed E-state index contributed by atoms with van der Waals surface area (Å²) in [6.45, 7) is 0.429. The maximum atomic E-state index is 11.3. The minimum absolute atomic E-state index is 0.174. The molecule has 0 saturated carbocycles. The number of anilines is 1. The van der Waals surface area contributed by atoms with Gasteiger partial charge >= 0.3 is 5.69 Å². The number of rotatable bonds is 3. The molecule has 20 heavy (non-hydrogen) atoms. The molecule has 0 aliphatic rings. The Hall–Kier alpha value is -2.82. The molecule has 0 spiro atoms. The Bertz CT molecular complexity index is 797. The molecule has 1 heterocycles. The highest BCUT2D eigenvalue weighted by Crippen LogP contribution is 2.27. The first kappa shape index (κ1) is 12.2. The number of nitrogens with two attached hydrogens (primary N) is 1. The van der Waals surface area contributed by atoms with Crippen LogP contribution in [0.3, 0.4) is 0 Å². The van der Waals surface area contributed by atoms with E-state index in [4.69, 9.17) is 10.5 Å². The van der Waals surface area contributed by atoms with E-state index >= 15 is 0 Å². The molecule has 3 rings (SSSR count). The zero-order chi connectivity index (χ0) is 13.9. The maximum absolute atomic E-state index is 11.3. The van der Waals surface area contributed by atoms with E-state index in [1.807, 2.05) is 36.4 Å². The van der Waals surface area contributed by atoms with Crippen molar-refractivity contribution in [2.24, 2.45) is 0 Å². The lowest BCUT2D eigenvalue weighted by atomic mass is 10.2. The van der Waals surface area contributed by atoms with Crippen molar-refractivity contribution < 1.29 is 4.74 Å². The number of nitrogen functional groups attached to an aromatic ring is 1. The molecule has 2 aromatic carbocycles. The van der Waals surface area contributed by atoms with Gasteiger partial charge in [0.05, 0.1) is 10.9 Å². The molecule has 0 unspecified atom stereocenters. The molecular weight excluding hydrogens is 254 g/mol. The van der Waals surface area contributed by atoms with Crippen LogP contribution in [0, 0.1) is 0 Å². The Balaban J connectivity index is 1.98.